The molecule has 0 aliphatic rings. The van der Waals surface area contributed by atoms with Crippen LogP contribution < -0.4 is 6.15 Å². The van der Waals surface area contributed by atoms with E-state index in [-0.39, 0.29) is 12.6 Å². The molecule has 0 aromatic heterocycles. The molecule has 0 aromatic rings. The monoisotopic (exact) mass is 303 g/mol. The Morgan fingerprint density at radius 2 is 1.26 bits per heavy atom. The molecule has 0 saturated heterocycles. The van der Waals surface area contributed by atoms with Gasteiger partial charge in [-0.15, -0.1) is 0 Å². The van der Waals surface area contributed by atoms with Gasteiger partial charge in [0.25, 0.3) is 0 Å². The van der Waals surface area contributed by atoms with E-state index < -0.39 is 21.8 Å². The Labute approximate surface area is 115 Å². The van der Waals surface area contributed by atoms with Crippen molar-refractivity contribution >= 4 is 10.1 Å². The third kappa shape index (κ3) is 10.2. The highest BCUT2D eigenvalue weighted by Crippen LogP contribution is 2.27. The molecule has 118 valence electrons. The topological polar surface area (TPSA) is 89.4 Å². The maximum atomic E-state index is 12.8. The molecule has 0 saturated carbocycles. The van der Waals surface area contributed by atoms with E-state index in [9.17, 15) is 17.2 Å². The quantitative estimate of drug-likeness (QED) is 0.433. The van der Waals surface area contributed by atoms with Crippen LogP contribution in [0.3, 0.4) is 0 Å². The Kier molecular flexibility index (Phi) is 11.6. The van der Waals surface area contributed by atoms with Crippen molar-refractivity contribution in [2.24, 2.45) is 0 Å². The minimum Gasteiger partial charge on any atom is -0.344 e. The van der Waals surface area contributed by atoms with Gasteiger partial charge in [-0.1, -0.05) is 58.3 Å². The van der Waals surface area contributed by atoms with E-state index in [1.165, 1.54) is 25.7 Å². The minimum atomic E-state index is -5.24. The van der Waals surface area contributed by atoms with Crippen molar-refractivity contribution < 1.29 is 21.8 Å². The largest absolute Gasteiger partial charge is 0.370 e. The number of halogens is 2. The van der Waals surface area contributed by atoms with Gasteiger partial charge in [0.15, 0.2) is 0 Å². The SMILES string of the molecule is CCCCCCCCCCCC(F)(F)S(=O)(=O)O.N. The van der Waals surface area contributed by atoms with Gasteiger partial charge in [-0.05, 0) is 6.42 Å². The fourth-order valence-electron chi connectivity index (χ4n) is 1.77. The summed E-state index contributed by atoms with van der Waals surface area (Å²) >= 11 is 0. The van der Waals surface area contributed by atoms with E-state index in [2.05, 4.69) is 6.92 Å². The Morgan fingerprint density at radius 3 is 1.63 bits per heavy atom. The second-order valence-corrected chi connectivity index (χ2v) is 6.24. The molecule has 0 spiro atoms. The lowest BCUT2D eigenvalue weighted by Gasteiger charge is -2.12. The summed E-state index contributed by atoms with van der Waals surface area (Å²) in [5, 5.41) is -3.99. The van der Waals surface area contributed by atoms with Crippen LogP contribution in [0.4, 0.5) is 8.78 Å². The zero-order valence-corrected chi connectivity index (χ0v) is 12.5. The van der Waals surface area contributed by atoms with Gasteiger partial charge in [0.1, 0.15) is 0 Å². The molecule has 0 bridgehead atoms. The summed E-state index contributed by atoms with van der Waals surface area (Å²) in [5.41, 5.74) is 0. The lowest BCUT2D eigenvalue weighted by Crippen LogP contribution is -2.27. The zero-order valence-electron chi connectivity index (χ0n) is 11.7. The van der Waals surface area contributed by atoms with Crippen LogP contribution in [-0.2, 0) is 10.1 Å². The molecule has 0 amide bonds. The van der Waals surface area contributed by atoms with Crippen molar-refractivity contribution in [2.75, 3.05) is 0 Å². The van der Waals surface area contributed by atoms with Gasteiger partial charge in [-0.3, -0.25) is 4.55 Å². The summed E-state index contributed by atoms with van der Waals surface area (Å²) in [6.07, 6.45) is 7.70. The van der Waals surface area contributed by atoms with Crippen LogP contribution in [0.1, 0.15) is 71.1 Å². The molecule has 0 aliphatic carbocycles. The second-order valence-electron chi connectivity index (χ2n) is 4.69. The van der Waals surface area contributed by atoms with Gasteiger partial charge < -0.3 is 6.15 Å². The van der Waals surface area contributed by atoms with Crippen molar-refractivity contribution in [1.29, 1.82) is 0 Å². The van der Waals surface area contributed by atoms with Gasteiger partial charge in [0, 0.05) is 6.42 Å². The number of hydrogen-bond acceptors (Lipinski definition) is 3. The number of hydrogen-bond donors (Lipinski definition) is 2. The molecule has 0 aromatic carbocycles. The first-order valence-electron chi connectivity index (χ1n) is 6.66. The summed E-state index contributed by atoms with van der Waals surface area (Å²) in [7, 11) is -5.24. The van der Waals surface area contributed by atoms with Crippen LogP contribution in [0.15, 0.2) is 0 Å². The van der Waals surface area contributed by atoms with Crippen LogP contribution in [0.5, 0.6) is 0 Å². The standard InChI is InChI=1S/C12H24F2O3S.H3N/c1-2-3-4-5-6-7-8-9-10-11-12(13,14)18(15,16)17;/h2-11H2,1H3,(H,15,16,17);1H3. The highest BCUT2D eigenvalue weighted by Gasteiger charge is 2.42. The molecule has 7 heteroatoms. The first-order chi connectivity index (χ1) is 8.31. The third-order valence-electron chi connectivity index (χ3n) is 2.95. The van der Waals surface area contributed by atoms with E-state index in [0.717, 1.165) is 19.3 Å². The van der Waals surface area contributed by atoms with E-state index in [1.54, 1.807) is 0 Å². The van der Waals surface area contributed by atoms with Gasteiger partial charge in [-0.2, -0.15) is 17.2 Å². The van der Waals surface area contributed by atoms with E-state index in [1.807, 2.05) is 0 Å². The summed E-state index contributed by atoms with van der Waals surface area (Å²) in [6, 6.07) is 0. The average molecular weight is 303 g/mol. The van der Waals surface area contributed by atoms with E-state index in [4.69, 9.17) is 4.55 Å². The van der Waals surface area contributed by atoms with Crippen molar-refractivity contribution in [1.82, 2.24) is 6.15 Å². The van der Waals surface area contributed by atoms with Crippen LogP contribution >= 0.6 is 0 Å². The minimum absolute atomic E-state index is 0. The summed E-state index contributed by atoms with van der Waals surface area (Å²) in [5.74, 6) is 0. The predicted molar refractivity (Wildman–Crippen MR) is 73.4 cm³/mol. The highest BCUT2D eigenvalue weighted by atomic mass is 32.2. The Morgan fingerprint density at radius 1 is 0.895 bits per heavy atom. The zero-order chi connectivity index (χ0) is 14.1. The lowest BCUT2D eigenvalue weighted by molar-refractivity contribution is 0.0683. The molecular weight excluding hydrogens is 276 g/mol. The summed E-state index contributed by atoms with van der Waals surface area (Å²) < 4.78 is 54.6. The van der Waals surface area contributed by atoms with E-state index in [0.29, 0.717) is 6.42 Å². The van der Waals surface area contributed by atoms with Gasteiger partial charge >= 0.3 is 15.4 Å². The Balaban J connectivity index is 0. The highest BCUT2D eigenvalue weighted by molar-refractivity contribution is 7.86. The maximum Gasteiger partial charge on any atom is 0.370 e. The fourth-order valence-corrected chi connectivity index (χ4v) is 2.17. The number of alkyl halides is 2. The molecule has 0 aliphatic heterocycles. The molecule has 19 heavy (non-hydrogen) atoms. The second kappa shape index (κ2) is 10.5. The van der Waals surface area contributed by atoms with Crippen LogP contribution in [0, 0.1) is 0 Å². The molecule has 0 rings (SSSR count). The predicted octanol–water partition coefficient (Wildman–Crippen LogP) is 4.55. The Hall–Kier alpha value is -0.270. The van der Waals surface area contributed by atoms with Gasteiger partial charge in [0.05, 0.1) is 0 Å². The average Bonchev–Trinajstić information content (AvgIpc) is 2.25. The van der Waals surface area contributed by atoms with Crippen LogP contribution in [-0.4, -0.2) is 18.2 Å². The van der Waals surface area contributed by atoms with Crippen LogP contribution in [0.2, 0.25) is 0 Å². The van der Waals surface area contributed by atoms with E-state index >= 15 is 0 Å². The van der Waals surface area contributed by atoms with Crippen molar-refractivity contribution in [3.8, 4) is 0 Å². The van der Waals surface area contributed by atoms with Gasteiger partial charge in [0.2, 0.25) is 0 Å². The lowest BCUT2D eigenvalue weighted by atomic mass is 10.1. The van der Waals surface area contributed by atoms with Crippen molar-refractivity contribution in [3.63, 3.8) is 0 Å². The number of rotatable bonds is 11. The molecule has 0 atom stereocenters. The molecule has 0 unspecified atom stereocenters. The summed E-state index contributed by atoms with van der Waals surface area (Å²) in [4.78, 5) is 0. The molecular formula is C12H27F2NO3S. The molecule has 0 heterocycles. The maximum absolute atomic E-state index is 12.8. The Bertz CT molecular complexity index is 308. The first kappa shape index (κ1) is 21.0. The smallest absolute Gasteiger partial charge is 0.344 e. The third-order valence-corrected chi connectivity index (χ3v) is 3.91. The van der Waals surface area contributed by atoms with Crippen molar-refractivity contribution in [3.05, 3.63) is 0 Å². The fraction of sp³-hybridized carbons (Fsp3) is 1.00. The molecule has 0 radical (unpaired) electrons. The van der Waals surface area contributed by atoms with Crippen molar-refractivity contribution in [2.45, 2.75) is 76.4 Å². The summed E-state index contributed by atoms with van der Waals surface area (Å²) in [6.45, 7) is 2.15. The molecule has 4 N–H and O–H groups in total. The molecule has 0 fully saturated rings. The number of unbranched alkanes of at least 4 members (excludes halogenated alkanes) is 8. The first-order valence-corrected chi connectivity index (χ1v) is 8.10. The van der Waals surface area contributed by atoms with Gasteiger partial charge in [-0.25, -0.2) is 0 Å². The molecule has 4 nitrogen and oxygen atoms in total. The van der Waals surface area contributed by atoms with Crippen LogP contribution in [0.25, 0.3) is 0 Å². The normalized spacial score (nSPS) is 12.2.